The van der Waals surface area contributed by atoms with E-state index in [2.05, 4.69) is 11.6 Å². The van der Waals surface area contributed by atoms with Crippen LogP contribution in [0.5, 0.6) is 0 Å². The summed E-state index contributed by atoms with van der Waals surface area (Å²) < 4.78 is 4.96. The molecule has 18 heavy (non-hydrogen) atoms. The van der Waals surface area contributed by atoms with E-state index >= 15 is 0 Å². The van der Waals surface area contributed by atoms with Gasteiger partial charge in [-0.3, -0.25) is 0 Å². The lowest BCUT2D eigenvalue weighted by atomic mass is 9.95. The average Bonchev–Trinajstić information content (AvgIpc) is 2.85. The van der Waals surface area contributed by atoms with Crippen LogP contribution in [0.15, 0.2) is 16.7 Å². The molecule has 0 radical (unpaired) electrons. The quantitative estimate of drug-likeness (QED) is 0.860. The zero-order valence-corrected chi connectivity index (χ0v) is 11.3. The smallest absolute Gasteiger partial charge is 0.372 e. The summed E-state index contributed by atoms with van der Waals surface area (Å²) in [6, 6.07) is 2.22. The molecule has 2 rings (SSSR count). The Labute approximate surface area is 111 Å². The van der Waals surface area contributed by atoms with Crippen molar-refractivity contribution < 1.29 is 14.3 Å². The van der Waals surface area contributed by atoms with Gasteiger partial charge in [0.25, 0.3) is 0 Å². The van der Waals surface area contributed by atoms with Crippen molar-refractivity contribution in [1.29, 1.82) is 0 Å². The van der Waals surface area contributed by atoms with Gasteiger partial charge in [0.05, 0.1) is 6.26 Å². The minimum absolute atomic E-state index is 0.0553. The van der Waals surface area contributed by atoms with E-state index in [9.17, 15) is 4.79 Å². The summed E-state index contributed by atoms with van der Waals surface area (Å²) in [6.07, 6.45) is 8.49. The molecular weight excluding hydrogens is 250 g/mol. The molecule has 1 fully saturated rings. The Balaban J connectivity index is 1.87. The molecule has 2 atom stereocenters. The molecule has 100 valence electrons. The summed E-state index contributed by atoms with van der Waals surface area (Å²) in [6.45, 7) is 0.573. The molecule has 1 aliphatic rings. The first-order valence-electron chi connectivity index (χ1n) is 6.26. The lowest BCUT2D eigenvalue weighted by Crippen LogP contribution is -2.34. The molecular formula is C13H19NO3S. The highest BCUT2D eigenvalue weighted by molar-refractivity contribution is 7.99. The second-order valence-electron chi connectivity index (χ2n) is 4.68. The van der Waals surface area contributed by atoms with Crippen LogP contribution >= 0.6 is 11.8 Å². The Kier molecular flexibility index (Phi) is 4.72. The minimum atomic E-state index is -0.998. The van der Waals surface area contributed by atoms with Crippen LogP contribution in [0, 0.1) is 0 Å². The monoisotopic (exact) mass is 269 g/mol. The molecule has 1 aromatic heterocycles. The van der Waals surface area contributed by atoms with E-state index in [0.29, 0.717) is 12.6 Å². The third-order valence-corrected chi connectivity index (χ3v) is 4.58. The molecule has 1 heterocycles. The fourth-order valence-electron chi connectivity index (χ4n) is 2.46. The van der Waals surface area contributed by atoms with Crippen molar-refractivity contribution in [2.24, 2.45) is 0 Å². The van der Waals surface area contributed by atoms with Crippen molar-refractivity contribution in [2.45, 2.75) is 43.5 Å². The summed E-state index contributed by atoms with van der Waals surface area (Å²) in [7, 11) is 0. The first kappa shape index (κ1) is 13.5. The normalized spacial score (nSPS) is 24.1. The molecule has 0 amide bonds. The van der Waals surface area contributed by atoms with Crippen LogP contribution in [0.1, 0.15) is 41.8 Å². The fraction of sp³-hybridized carbons (Fsp3) is 0.615. The van der Waals surface area contributed by atoms with Crippen molar-refractivity contribution in [2.75, 3.05) is 6.26 Å². The number of aromatic carboxylic acids is 1. The number of rotatable bonds is 5. The Hall–Kier alpha value is -0.940. The van der Waals surface area contributed by atoms with Gasteiger partial charge >= 0.3 is 5.97 Å². The molecule has 2 N–H and O–H groups in total. The van der Waals surface area contributed by atoms with Crippen molar-refractivity contribution in [3.8, 4) is 0 Å². The number of hydrogen-bond acceptors (Lipinski definition) is 4. The molecule has 1 aliphatic carbocycles. The van der Waals surface area contributed by atoms with Gasteiger partial charge in [-0.2, -0.15) is 11.8 Å². The summed E-state index contributed by atoms with van der Waals surface area (Å²) >= 11 is 1.93. The zero-order chi connectivity index (χ0) is 13.0. The number of carbonyl (C=O) groups is 1. The van der Waals surface area contributed by atoms with E-state index in [-0.39, 0.29) is 5.76 Å². The van der Waals surface area contributed by atoms with Crippen molar-refractivity contribution in [3.05, 3.63) is 23.7 Å². The maximum Gasteiger partial charge on any atom is 0.372 e. The van der Waals surface area contributed by atoms with E-state index in [4.69, 9.17) is 9.52 Å². The van der Waals surface area contributed by atoms with Crippen LogP contribution in [0.2, 0.25) is 0 Å². The zero-order valence-electron chi connectivity index (χ0n) is 10.5. The average molecular weight is 269 g/mol. The molecule has 4 nitrogen and oxygen atoms in total. The van der Waals surface area contributed by atoms with Gasteiger partial charge in [0.2, 0.25) is 5.76 Å². The maximum atomic E-state index is 10.9. The van der Waals surface area contributed by atoms with Crippen LogP contribution in [0.4, 0.5) is 0 Å². The molecule has 0 aromatic carbocycles. The summed E-state index contributed by atoms with van der Waals surface area (Å²) in [5, 5.41) is 13.1. The van der Waals surface area contributed by atoms with Gasteiger partial charge in [-0.05, 0) is 31.6 Å². The summed E-state index contributed by atoms with van der Waals surface area (Å²) in [5.74, 6) is -0.942. The van der Waals surface area contributed by atoms with Crippen molar-refractivity contribution >= 4 is 17.7 Å². The maximum absolute atomic E-state index is 10.9. The molecule has 0 saturated heterocycles. The van der Waals surface area contributed by atoms with Crippen LogP contribution in [-0.4, -0.2) is 28.6 Å². The van der Waals surface area contributed by atoms with Crippen molar-refractivity contribution in [3.63, 3.8) is 0 Å². The van der Waals surface area contributed by atoms with E-state index < -0.39 is 5.97 Å². The van der Waals surface area contributed by atoms with Crippen LogP contribution in [-0.2, 0) is 6.54 Å². The van der Waals surface area contributed by atoms with E-state index in [1.165, 1.54) is 31.9 Å². The Morgan fingerprint density at radius 2 is 2.44 bits per heavy atom. The second-order valence-corrected chi connectivity index (χ2v) is 5.82. The second kappa shape index (κ2) is 6.29. The lowest BCUT2D eigenvalue weighted by molar-refractivity contribution is 0.0660. The van der Waals surface area contributed by atoms with Gasteiger partial charge in [-0.15, -0.1) is 0 Å². The molecule has 1 saturated carbocycles. The third-order valence-electron chi connectivity index (χ3n) is 3.48. The Morgan fingerprint density at radius 1 is 1.61 bits per heavy atom. The number of nitrogens with one attached hydrogen (secondary N) is 1. The van der Waals surface area contributed by atoms with Gasteiger partial charge in [-0.25, -0.2) is 4.79 Å². The Morgan fingerprint density at radius 3 is 3.17 bits per heavy atom. The third kappa shape index (κ3) is 3.29. The van der Waals surface area contributed by atoms with Crippen LogP contribution < -0.4 is 5.32 Å². The number of carboxylic acids is 1. The fourth-order valence-corrected chi connectivity index (χ4v) is 3.29. The van der Waals surface area contributed by atoms with E-state index in [1.807, 2.05) is 11.8 Å². The largest absolute Gasteiger partial charge is 0.475 e. The topological polar surface area (TPSA) is 62.5 Å². The number of carboxylic acid groups (broad SMARTS) is 1. The predicted octanol–water partition coefficient (Wildman–Crippen LogP) is 2.74. The van der Waals surface area contributed by atoms with Crippen LogP contribution in [0.3, 0.4) is 0 Å². The highest BCUT2D eigenvalue weighted by atomic mass is 32.2. The Bertz CT molecular complexity index is 405. The molecule has 0 spiro atoms. The van der Waals surface area contributed by atoms with Crippen LogP contribution in [0.25, 0.3) is 0 Å². The van der Waals surface area contributed by atoms with Gasteiger partial charge in [0.15, 0.2) is 0 Å². The first-order chi connectivity index (χ1) is 8.70. The summed E-state index contributed by atoms with van der Waals surface area (Å²) in [4.78, 5) is 10.9. The first-order valence-corrected chi connectivity index (χ1v) is 7.55. The van der Waals surface area contributed by atoms with Gasteiger partial charge in [0, 0.05) is 23.4 Å². The van der Waals surface area contributed by atoms with Gasteiger partial charge in [0.1, 0.15) is 0 Å². The van der Waals surface area contributed by atoms with Gasteiger partial charge < -0.3 is 14.8 Å². The SMILES string of the molecule is CSC1CCCC(NCc2ccoc2C(=O)O)C1. The summed E-state index contributed by atoms with van der Waals surface area (Å²) in [5.41, 5.74) is 0.730. The van der Waals surface area contributed by atoms with E-state index in [1.54, 1.807) is 6.07 Å². The number of thioether (sulfide) groups is 1. The highest BCUT2D eigenvalue weighted by Crippen LogP contribution is 2.27. The lowest BCUT2D eigenvalue weighted by Gasteiger charge is -2.28. The minimum Gasteiger partial charge on any atom is -0.475 e. The molecule has 0 aliphatic heterocycles. The molecule has 1 aromatic rings. The highest BCUT2D eigenvalue weighted by Gasteiger charge is 2.21. The number of hydrogen-bond donors (Lipinski definition) is 2. The molecule has 0 bridgehead atoms. The van der Waals surface area contributed by atoms with E-state index in [0.717, 1.165) is 10.8 Å². The number of furan rings is 1. The van der Waals surface area contributed by atoms with Crippen molar-refractivity contribution in [1.82, 2.24) is 5.32 Å². The predicted molar refractivity (Wildman–Crippen MR) is 72.1 cm³/mol. The van der Waals surface area contributed by atoms with Gasteiger partial charge in [-0.1, -0.05) is 6.42 Å². The molecule has 2 unspecified atom stereocenters. The standard InChI is InChI=1S/C13H19NO3S/c1-18-11-4-2-3-10(7-11)14-8-9-5-6-17-12(9)13(15)16/h5-6,10-11,14H,2-4,7-8H2,1H3,(H,15,16). The molecule has 5 heteroatoms.